The molecule has 4 rings (SSSR count). The van der Waals surface area contributed by atoms with E-state index in [1.165, 1.54) is 5.56 Å². The summed E-state index contributed by atoms with van der Waals surface area (Å²) in [6, 6.07) is 25.5. The van der Waals surface area contributed by atoms with Crippen molar-refractivity contribution in [3.63, 3.8) is 0 Å². The summed E-state index contributed by atoms with van der Waals surface area (Å²) in [7, 11) is 0. The summed E-state index contributed by atoms with van der Waals surface area (Å²) in [5, 5.41) is 2.98. The quantitative estimate of drug-likeness (QED) is 0.660. The highest BCUT2D eigenvalue weighted by Crippen LogP contribution is 2.23. The first-order valence-corrected chi connectivity index (χ1v) is 10.0. The third kappa shape index (κ3) is 4.54. The van der Waals surface area contributed by atoms with Crippen molar-refractivity contribution in [1.29, 1.82) is 0 Å². The summed E-state index contributed by atoms with van der Waals surface area (Å²) in [6.45, 7) is 0.763. The molecule has 1 aliphatic heterocycles. The average molecular weight is 384 g/mol. The molecule has 1 heterocycles. The Bertz CT molecular complexity index is 997. The SMILES string of the molecule is O=C(Nc1ccc(N2CCCC2=O)cc1)c1ccccc1CCc1ccccc1. The number of nitrogens with one attached hydrogen (secondary N) is 1. The number of aryl methyl sites for hydroxylation is 2. The monoisotopic (exact) mass is 384 g/mol. The Labute approximate surface area is 171 Å². The smallest absolute Gasteiger partial charge is 0.255 e. The van der Waals surface area contributed by atoms with Gasteiger partial charge in [0.1, 0.15) is 0 Å². The molecule has 0 radical (unpaired) electrons. The zero-order valence-electron chi connectivity index (χ0n) is 16.3. The molecule has 2 amide bonds. The first-order valence-electron chi connectivity index (χ1n) is 10.0. The Kier molecular flexibility index (Phi) is 5.71. The van der Waals surface area contributed by atoms with Crippen molar-refractivity contribution in [2.45, 2.75) is 25.7 Å². The van der Waals surface area contributed by atoms with Crippen LogP contribution in [0.15, 0.2) is 78.9 Å². The predicted octanol–water partition coefficient (Wildman–Crippen LogP) is 4.85. The van der Waals surface area contributed by atoms with E-state index < -0.39 is 0 Å². The maximum Gasteiger partial charge on any atom is 0.255 e. The van der Waals surface area contributed by atoms with Crippen molar-refractivity contribution in [2.75, 3.05) is 16.8 Å². The number of carbonyl (C=O) groups excluding carboxylic acids is 2. The summed E-state index contributed by atoms with van der Waals surface area (Å²) in [5.41, 5.74) is 4.60. The summed E-state index contributed by atoms with van der Waals surface area (Å²) in [6.07, 6.45) is 3.21. The number of anilines is 2. The summed E-state index contributed by atoms with van der Waals surface area (Å²) < 4.78 is 0. The molecule has 0 unspecified atom stereocenters. The minimum Gasteiger partial charge on any atom is -0.322 e. The molecule has 29 heavy (non-hydrogen) atoms. The maximum absolute atomic E-state index is 12.9. The molecular formula is C25H24N2O2. The van der Waals surface area contributed by atoms with Gasteiger partial charge in [-0.1, -0.05) is 48.5 Å². The van der Waals surface area contributed by atoms with Gasteiger partial charge in [-0.3, -0.25) is 9.59 Å². The fraction of sp³-hybridized carbons (Fsp3) is 0.200. The van der Waals surface area contributed by atoms with Crippen molar-refractivity contribution < 1.29 is 9.59 Å². The number of hydrogen-bond acceptors (Lipinski definition) is 2. The fourth-order valence-electron chi connectivity index (χ4n) is 3.73. The van der Waals surface area contributed by atoms with Gasteiger partial charge in [0.2, 0.25) is 5.91 Å². The van der Waals surface area contributed by atoms with Crippen LogP contribution in [0, 0.1) is 0 Å². The Balaban J connectivity index is 1.44. The summed E-state index contributed by atoms with van der Waals surface area (Å²) >= 11 is 0. The summed E-state index contributed by atoms with van der Waals surface area (Å²) in [4.78, 5) is 26.5. The van der Waals surface area contributed by atoms with Gasteiger partial charge in [0, 0.05) is 29.9 Å². The highest BCUT2D eigenvalue weighted by atomic mass is 16.2. The van der Waals surface area contributed by atoms with Crippen LogP contribution in [-0.4, -0.2) is 18.4 Å². The van der Waals surface area contributed by atoms with Gasteiger partial charge in [0.25, 0.3) is 5.91 Å². The first-order chi connectivity index (χ1) is 14.2. The van der Waals surface area contributed by atoms with Crippen LogP contribution in [0.4, 0.5) is 11.4 Å². The zero-order valence-corrected chi connectivity index (χ0v) is 16.3. The minimum atomic E-state index is -0.112. The van der Waals surface area contributed by atoms with E-state index >= 15 is 0 Å². The van der Waals surface area contributed by atoms with E-state index in [1.54, 1.807) is 4.90 Å². The van der Waals surface area contributed by atoms with Crippen LogP contribution >= 0.6 is 0 Å². The molecule has 3 aromatic carbocycles. The van der Waals surface area contributed by atoms with Crippen LogP contribution < -0.4 is 10.2 Å². The molecule has 0 atom stereocenters. The Morgan fingerprint density at radius 2 is 1.59 bits per heavy atom. The second-order valence-electron chi connectivity index (χ2n) is 7.29. The molecule has 0 saturated carbocycles. The molecule has 1 N–H and O–H groups in total. The van der Waals surface area contributed by atoms with E-state index in [9.17, 15) is 9.59 Å². The predicted molar refractivity (Wildman–Crippen MR) is 116 cm³/mol. The van der Waals surface area contributed by atoms with Gasteiger partial charge in [-0.25, -0.2) is 0 Å². The van der Waals surface area contributed by atoms with Gasteiger partial charge in [-0.05, 0) is 60.7 Å². The second-order valence-corrected chi connectivity index (χ2v) is 7.29. The minimum absolute atomic E-state index is 0.112. The van der Waals surface area contributed by atoms with E-state index in [-0.39, 0.29) is 11.8 Å². The molecular weight excluding hydrogens is 360 g/mol. The molecule has 1 fully saturated rings. The Morgan fingerprint density at radius 3 is 2.31 bits per heavy atom. The van der Waals surface area contributed by atoms with Crippen molar-refractivity contribution >= 4 is 23.2 Å². The lowest BCUT2D eigenvalue weighted by molar-refractivity contribution is -0.117. The van der Waals surface area contributed by atoms with E-state index in [2.05, 4.69) is 17.4 Å². The number of carbonyl (C=O) groups is 2. The van der Waals surface area contributed by atoms with E-state index in [0.717, 1.165) is 42.7 Å². The van der Waals surface area contributed by atoms with Gasteiger partial charge in [0.05, 0.1) is 0 Å². The molecule has 4 heteroatoms. The van der Waals surface area contributed by atoms with Crippen molar-refractivity contribution in [2.24, 2.45) is 0 Å². The van der Waals surface area contributed by atoms with Gasteiger partial charge in [0.15, 0.2) is 0 Å². The third-order valence-corrected chi connectivity index (χ3v) is 5.30. The van der Waals surface area contributed by atoms with Crippen LogP contribution in [0.3, 0.4) is 0 Å². The van der Waals surface area contributed by atoms with Crippen molar-refractivity contribution in [3.8, 4) is 0 Å². The Morgan fingerprint density at radius 1 is 0.862 bits per heavy atom. The highest BCUT2D eigenvalue weighted by molar-refractivity contribution is 6.05. The topological polar surface area (TPSA) is 49.4 Å². The fourth-order valence-corrected chi connectivity index (χ4v) is 3.73. The average Bonchev–Trinajstić information content (AvgIpc) is 3.19. The number of amides is 2. The lowest BCUT2D eigenvalue weighted by atomic mass is 9.99. The van der Waals surface area contributed by atoms with E-state index in [4.69, 9.17) is 0 Å². The molecule has 1 aliphatic rings. The first kappa shape index (κ1) is 18.9. The number of nitrogens with zero attached hydrogens (tertiary/aromatic N) is 1. The number of hydrogen-bond donors (Lipinski definition) is 1. The molecule has 146 valence electrons. The van der Waals surface area contributed by atoms with Crippen molar-refractivity contribution in [1.82, 2.24) is 0 Å². The number of benzene rings is 3. The number of rotatable bonds is 6. The van der Waals surface area contributed by atoms with E-state index in [0.29, 0.717) is 12.0 Å². The van der Waals surface area contributed by atoms with Crippen LogP contribution in [0.1, 0.15) is 34.3 Å². The van der Waals surface area contributed by atoms with Crippen LogP contribution in [0.25, 0.3) is 0 Å². The van der Waals surface area contributed by atoms with Crippen LogP contribution in [0.5, 0.6) is 0 Å². The lowest BCUT2D eigenvalue weighted by Crippen LogP contribution is -2.23. The van der Waals surface area contributed by atoms with Gasteiger partial charge in [-0.15, -0.1) is 0 Å². The second kappa shape index (κ2) is 8.74. The molecule has 3 aromatic rings. The van der Waals surface area contributed by atoms with Crippen LogP contribution in [-0.2, 0) is 17.6 Å². The van der Waals surface area contributed by atoms with Gasteiger partial charge >= 0.3 is 0 Å². The Hall–Kier alpha value is -3.40. The molecule has 0 bridgehead atoms. The van der Waals surface area contributed by atoms with Crippen molar-refractivity contribution in [3.05, 3.63) is 95.6 Å². The molecule has 0 aromatic heterocycles. The zero-order chi connectivity index (χ0) is 20.1. The van der Waals surface area contributed by atoms with Gasteiger partial charge < -0.3 is 10.2 Å². The highest BCUT2D eigenvalue weighted by Gasteiger charge is 2.21. The van der Waals surface area contributed by atoms with Gasteiger partial charge in [-0.2, -0.15) is 0 Å². The molecule has 0 aliphatic carbocycles. The van der Waals surface area contributed by atoms with E-state index in [1.807, 2.05) is 66.7 Å². The molecule has 4 nitrogen and oxygen atoms in total. The molecule has 0 spiro atoms. The van der Waals surface area contributed by atoms with Crippen LogP contribution in [0.2, 0.25) is 0 Å². The standard InChI is InChI=1S/C25H24N2O2/c28-24-11-6-18-27(24)22-16-14-21(15-17-22)26-25(29)23-10-5-4-9-20(23)13-12-19-7-2-1-3-8-19/h1-5,7-10,14-17H,6,11-13,18H2,(H,26,29). The maximum atomic E-state index is 12.9. The lowest BCUT2D eigenvalue weighted by Gasteiger charge is -2.16. The normalized spacial score (nSPS) is 13.5. The molecule has 1 saturated heterocycles. The largest absolute Gasteiger partial charge is 0.322 e. The summed E-state index contributed by atoms with van der Waals surface area (Å²) in [5.74, 6) is 0.0489. The third-order valence-electron chi connectivity index (χ3n) is 5.30.